The zero-order valence-corrected chi connectivity index (χ0v) is 13.6. The highest BCUT2D eigenvalue weighted by atomic mass is 35.5. The van der Waals surface area contributed by atoms with Crippen LogP contribution in [0.25, 0.3) is 0 Å². The van der Waals surface area contributed by atoms with Crippen molar-refractivity contribution in [2.24, 2.45) is 0 Å². The fourth-order valence-corrected chi connectivity index (χ4v) is 2.10. The first-order valence-electron chi connectivity index (χ1n) is 7.37. The summed E-state index contributed by atoms with van der Waals surface area (Å²) in [5, 5.41) is 3.61. The first-order valence-corrected chi connectivity index (χ1v) is 7.75. The van der Waals surface area contributed by atoms with Crippen molar-refractivity contribution in [2.75, 3.05) is 0 Å². The zero-order chi connectivity index (χ0) is 15.9. The number of amides is 1. The summed E-state index contributed by atoms with van der Waals surface area (Å²) in [6.07, 6.45) is 0.897. The smallest absolute Gasteiger partial charge is 0.251 e. The molecule has 1 N–H and O–H groups in total. The normalized spacial score (nSPS) is 11.8. The maximum atomic E-state index is 12.1. The van der Waals surface area contributed by atoms with Crippen molar-refractivity contribution in [3.05, 3.63) is 64.7 Å². The van der Waals surface area contributed by atoms with Gasteiger partial charge in [0, 0.05) is 22.2 Å². The van der Waals surface area contributed by atoms with Crippen LogP contribution in [0.15, 0.2) is 48.5 Å². The fraction of sp³-hybridized carbons (Fsp3) is 0.278. The lowest BCUT2D eigenvalue weighted by atomic mass is 10.1. The third-order valence-electron chi connectivity index (χ3n) is 3.44. The van der Waals surface area contributed by atoms with Gasteiger partial charge in [0.15, 0.2) is 0 Å². The Balaban J connectivity index is 2.02. The molecule has 2 rings (SSSR count). The van der Waals surface area contributed by atoms with E-state index in [9.17, 15) is 4.79 Å². The number of carbonyl (C=O) groups excluding carboxylic acids is 1. The molecule has 0 spiro atoms. The van der Waals surface area contributed by atoms with Gasteiger partial charge in [-0.2, -0.15) is 0 Å². The van der Waals surface area contributed by atoms with Crippen LogP contribution in [-0.2, 0) is 6.61 Å². The van der Waals surface area contributed by atoms with E-state index >= 15 is 0 Å². The minimum absolute atomic E-state index is 0.0856. The van der Waals surface area contributed by atoms with Crippen molar-refractivity contribution < 1.29 is 9.53 Å². The van der Waals surface area contributed by atoms with Gasteiger partial charge >= 0.3 is 0 Å². The number of ether oxygens (including phenoxy) is 1. The Labute approximate surface area is 136 Å². The van der Waals surface area contributed by atoms with Gasteiger partial charge in [-0.25, -0.2) is 0 Å². The third kappa shape index (κ3) is 4.50. The predicted molar refractivity (Wildman–Crippen MR) is 89.4 cm³/mol. The van der Waals surface area contributed by atoms with Crippen LogP contribution in [0.1, 0.15) is 36.2 Å². The highest BCUT2D eigenvalue weighted by molar-refractivity contribution is 6.31. The Morgan fingerprint density at radius 3 is 2.73 bits per heavy atom. The number of benzene rings is 2. The summed E-state index contributed by atoms with van der Waals surface area (Å²) in [5.74, 6) is 0.564. The summed E-state index contributed by atoms with van der Waals surface area (Å²) in [5.41, 5.74) is 1.51. The predicted octanol–water partition coefficient (Wildman–Crippen LogP) is 4.45. The quantitative estimate of drug-likeness (QED) is 0.855. The lowest BCUT2D eigenvalue weighted by molar-refractivity contribution is 0.0939. The monoisotopic (exact) mass is 317 g/mol. The van der Waals surface area contributed by atoms with Gasteiger partial charge in [0.05, 0.1) is 0 Å². The molecule has 1 atom stereocenters. The maximum absolute atomic E-state index is 12.1. The van der Waals surface area contributed by atoms with E-state index in [1.165, 1.54) is 0 Å². The van der Waals surface area contributed by atoms with E-state index in [2.05, 4.69) is 5.32 Å². The van der Waals surface area contributed by atoms with Crippen LogP contribution in [0.3, 0.4) is 0 Å². The van der Waals surface area contributed by atoms with E-state index < -0.39 is 0 Å². The molecule has 0 saturated carbocycles. The highest BCUT2D eigenvalue weighted by Gasteiger charge is 2.09. The molecular formula is C18H20ClNO2. The molecule has 0 aromatic heterocycles. The van der Waals surface area contributed by atoms with Crippen molar-refractivity contribution in [3.63, 3.8) is 0 Å². The summed E-state index contributed by atoms with van der Waals surface area (Å²) in [7, 11) is 0. The largest absolute Gasteiger partial charge is 0.489 e. The Morgan fingerprint density at radius 2 is 2.00 bits per heavy atom. The number of hydrogen-bond acceptors (Lipinski definition) is 2. The van der Waals surface area contributed by atoms with Gasteiger partial charge in [0.25, 0.3) is 5.91 Å². The zero-order valence-electron chi connectivity index (χ0n) is 12.8. The first-order chi connectivity index (χ1) is 10.6. The second kappa shape index (κ2) is 7.85. The summed E-state index contributed by atoms with van der Waals surface area (Å²) in [6.45, 7) is 4.39. The molecule has 0 heterocycles. The molecule has 0 saturated heterocycles. The van der Waals surface area contributed by atoms with E-state index in [4.69, 9.17) is 16.3 Å². The average molecular weight is 318 g/mol. The van der Waals surface area contributed by atoms with Gasteiger partial charge in [-0.05, 0) is 37.6 Å². The number of halogens is 1. The maximum Gasteiger partial charge on any atom is 0.251 e. The molecule has 0 radical (unpaired) electrons. The van der Waals surface area contributed by atoms with Crippen molar-refractivity contribution in [1.82, 2.24) is 5.32 Å². The molecular weight excluding hydrogens is 298 g/mol. The van der Waals surface area contributed by atoms with Crippen LogP contribution in [0.4, 0.5) is 0 Å². The fourth-order valence-electron chi connectivity index (χ4n) is 1.91. The van der Waals surface area contributed by atoms with Gasteiger partial charge in [-0.15, -0.1) is 0 Å². The topological polar surface area (TPSA) is 38.3 Å². The van der Waals surface area contributed by atoms with Gasteiger partial charge in [0.1, 0.15) is 12.4 Å². The minimum Gasteiger partial charge on any atom is -0.489 e. The molecule has 2 aromatic rings. The Bertz CT molecular complexity index is 642. The molecule has 0 aliphatic heterocycles. The van der Waals surface area contributed by atoms with E-state index in [1.54, 1.807) is 12.1 Å². The molecule has 2 aromatic carbocycles. The van der Waals surface area contributed by atoms with Crippen LogP contribution in [-0.4, -0.2) is 11.9 Å². The van der Waals surface area contributed by atoms with Crippen LogP contribution in [0.2, 0.25) is 5.02 Å². The molecule has 3 nitrogen and oxygen atoms in total. The molecule has 22 heavy (non-hydrogen) atoms. The lowest BCUT2D eigenvalue weighted by Crippen LogP contribution is -2.31. The second-order valence-corrected chi connectivity index (χ2v) is 5.60. The van der Waals surface area contributed by atoms with Crippen LogP contribution < -0.4 is 10.1 Å². The summed E-state index contributed by atoms with van der Waals surface area (Å²) < 4.78 is 5.73. The number of carbonyl (C=O) groups is 1. The Kier molecular flexibility index (Phi) is 5.84. The number of hydrogen-bond donors (Lipinski definition) is 1. The van der Waals surface area contributed by atoms with Crippen molar-refractivity contribution >= 4 is 17.5 Å². The first kappa shape index (κ1) is 16.4. The number of rotatable bonds is 6. The molecule has 1 amide bonds. The summed E-state index contributed by atoms with van der Waals surface area (Å²) in [4.78, 5) is 12.1. The van der Waals surface area contributed by atoms with Gasteiger partial charge in [-0.1, -0.05) is 42.8 Å². The van der Waals surface area contributed by atoms with Gasteiger partial charge < -0.3 is 10.1 Å². The SMILES string of the molecule is CC[C@@H](C)NC(=O)c1cccc(OCc2ccccc2Cl)c1. The van der Waals surface area contributed by atoms with Crippen molar-refractivity contribution in [2.45, 2.75) is 32.9 Å². The molecule has 4 heteroatoms. The van der Waals surface area contributed by atoms with E-state index in [1.807, 2.05) is 50.2 Å². The third-order valence-corrected chi connectivity index (χ3v) is 3.81. The lowest BCUT2D eigenvalue weighted by Gasteiger charge is -2.12. The van der Waals surface area contributed by atoms with Crippen molar-refractivity contribution in [1.29, 1.82) is 0 Å². The van der Waals surface area contributed by atoms with Gasteiger partial charge in [-0.3, -0.25) is 4.79 Å². The minimum atomic E-state index is -0.0856. The highest BCUT2D eigenvalue weighted by Crippen LogP contribution is 2.19. The second-order valence-electron chi connectivity index (χ2n) is 5.19. The average Bonchev–Trinajstić information content (AvgIpc) is 2.54. The Hall–Kier alpha value is -2.00. The number of nitrogens with one attached hydrogen (secondary N) is 1. The van der Waals surface area contributed by atoms with Crippen LogP contribution in [0.5, 0.6) is 5.75 Å². The van der Waals surface area contributed by atoms with E-state index in [-0.39, 0.29) is 11.9 Å². The van der Waals surface area contributed by atoms with E-state index in [0.29, 0.717) is 22.9 Å². The standard InChI is InChI=1S/C18H20ClNO2/c1-3-13(2)20-18(21)14-8-6-9-16(11-14)22-12-15-7-4-5-10-17(15)19/h4-11,13H,3,12H2,1-2H3,(H,20,21)/t13-/m1/s1. The molecule has 0 unspecified atom stereocenters. The van der Waals surface area contributed by atoms with Crippen LogP contribution >= 0.6 is 11.6 Å². The van der Waals surface area contributed by atoms with E-state index in [0.717, 1.165) is 12.0 Å². The van der Waals surface area contributed by atoms with Crippen molar-refractivity contribution in [3.8, 4) is 5.75 Å². The summed E-state index contributed by atoms with van der Waals surface area (Å²) >= 11 is 6.10. The summed E-state index contributed by atoms with van der Waals surface area (Å²) in [6, 6.07) is 14.9. The van der Waals surface area contributed by atoms with Crippen LogP contribution in [0, 0.1) is 0 Å². The van der Waals surface area contributed by atoms with Gasteiger partial charge in [0.2, 0.25) is 0 Å². The molecule has 0 aliphatic carbocycles. The molecule has 116 valence electrons. The molecule has 0 fully saturated rings. The Morgan fingerprint density at radius 1 is 1.23 bits per heavy atom. The molecule has 0 bridgehead atoms. The molecule has 0 aliphatic rings.